The first-order chi connectivity index (χ1) is 12.9. The van der Waals surface area contributed by atoms with Gasteiger partial charge in [-0.3, -0.25) is 9.59 Å². The summed E-state index contributed by atoms with van der Waals surface area (Å²) in [5.41, 5.74) is 0. The van der Waals surface area contributed by atoms with Crippen molar-refractivity contribution < 1.29 is 33.7 Å². The largest absolute Gasteiger partial charge is 0.481 e. The van der Waals surface area contributed by atoms with Gasteiger partial charge in [0, 0.05) is 32.1 Å². The van der Waals surface area contributed by atoms with Gasteiger partial charge in [-0.2, -0.15) is 0 Å². The molecule has 1 rings (SSSR count). The molecule has 168 valence electrons. The van der Waals surface area contributed by atoms with Crippen molar-refractivity contribution in [2.75, 3.05) is 0 Å². The first-order valence-electron chi connectivity index (χ1n) is 10.5. The number of halogens is 2. The Kier molecular flexibility index (Phi) is 16.4. The number of aliphatic carboxylic acids is 1. The van der Waals surface area contributed by atoms with Crippen LogP contribution in [0.1, 0.15) is 105 Å². The molecular weight excluding hydrogens is 370 g/mol. The van der Waals surface area contributed by atoms with Crippen molar-refractivity contribution in [2.24, 2.45) is 5.92 Å². The Morgan fingerprint density at radius 3 is 1.96 bits per heavy atom. The van der Waals surface area contributed by atoms with Crippen LogP contribution in [0.2, 0.25) is 0 Å². The highest BCUT2D eigenvalue weighted by Crippen LogP contribution is 2.33. The van der Waals surface area contributed by atoms with E-state index in [0.717, 1.165) is 38.5 Å². The first-order valence-corrected chi connectivity index (χ1v) is 10.5. The molecule has 0 aliphatic heterocycles. The van der Waals surface area contributed by atoms with Gasteiger partial charge in [-0.15, -0.1) is 0 Å². The molecule has 1 fully saturated rings. The Balaban J connectivity index is 0. The molecule has 0 aromatic rings. The number of alkyl halides is 2. The summed E-state index contributed by atoms with van der Waals surface area (Å²) in [7, 11) is 0. The van der Waals surface area contributed by atoms with Gasteiger partial charge >= 0.3 is 5.97 Å². The topological polar surface area (TPSA) is 94.8 Å². The maximum atomic E-state index is 12.9. The zero-order valence-corrected chi connectivity index (χ0v) is 18.0. The molecule has 28 heavy (non-hydrogen) atoms. The molecule has 0 saturated heterocycles. The van der Waals surface area contributed by atoms with E-state index in [-0.39, 0.29) is 6.42 Å². The average molecular weight is 411 g/mol. The van der Waals surface area contributed by atoms with Gasteiger partial charge in [0.15, 0.2) is 0 Å². The molecule has 5 nitrogen and oxygen atoms in total. The third-order valence-electron chi connectivity index (χ3n) is 4.66. The summed E-state index contributed by atoms with van der Waals surface area (Å²) >= 11 is 0. The standard InChI is InChI=1S/C8H16F2O2.C7H14O2.C6H10O/c1-3-5-6-7(9,10)8(11,12)4-2;1-2-3-4-5-6-7(8)9;1-5-2-3-6(7)4-5/h11-12H,3-6H2,1-2H3;2-6H2,1H3,(H,8,9);5H,2-4H2,1H3. The molecule has 3 N–H and O–H groups in total. The second kappa shape index (κ2) is 15.8. The minimum Gasteiger partial charge on any atom is -0.481 e. The van der Waals surface area contributed by atoms with Crippen LogP contribution in [-0.4, -0.2) is 38.8 Å². The molecular formula is C21H40F2O5. The summed E-state index contributed by atoms with van der Waals surface area (Å²) in [5, 5.41) is 26.0. The number of rotatable bonds is 10. The molecule has 0 aromatic heterocycles. The highest BCUT2D eigenvalue weighted by atomic mass is 19.3. The van der Waals surface area contributed by atoms with Crippen LogP contribution in [0, 0.1) is 5.92 Å². The minimum absolute atomic E-state index is 0.301. The molecule has 1 aliphatic rings. The van der Waals surface area contributed by atoms with Gasteiger partial charge in [0.25, 0.3) is 5.92 Å². The van der Waals surface area contributed by atoms with E-state index in [9.17, 15) is 18.4 Å². The van der Waals surface area contributed by atoms with Crippen molar-refractivity contribution in [1.29, 1.82) is 0 Å². The Hall–Kier alpha value is -1.08. The number of ketones is 1. The summed E-state index contributed by atoms with van der Waals surface area (Å²) < 4.78 is 25.8. The van der Waals surface area contributed by atoms with E-state index < -0.39 is 24.1 Å². The Bertz CT molecular complexity index is 425. The van der Waals surface area contributed by atoms with E-state index in [1.54, 1.807) is 6.92 Å². The molecule has 0 bridgehead atoms. The van der Waals surface area contributed by atoms with Crippen LogP contribution in [0.5, 0.6) is 0 Å². The molecule has 1 atom stereocenters. The van der Waals surface area contributed by atoms with Crippen molar-refractivity contribution >= 4 is 11.8 Å². The maximum absolute atomic E-state index is 12.9. The molecule has 0 amide bonds. The van der Waals surface area contributed by atoms with Gasteiger partial charge in [-0.05, 0) is 25.2 Å². The normalized spacial score (nSPS) is 16.7. The van der Waals surface area contributed by atoms with Crippen LogP contribution >= 0.6 is 0 Å². The molecule has 1 saturated carbocycles. The summed E-state index contributed by atoms with van der Waals surface area (Å²) in [6, 6.07) is 0. The summed E-state index contributed by atoms with van der Waals surface area (Å²) in [4.78, 5) is 20.4. The lowest BCUT2D eigenvalue weighted by molar-refractivity contribution is -0.298. The number of carbonyl (C=O) groups excluding carboxylic acids is 1. The lowest BCUT2D eigenvalue weighted by atomic mass is 10.0. The van der Waals surface area contributed by atoms with Gasteiger partial charge in [-0.25, -0.2) is 8.78 Å². The summed E-state index contributed by atoms with van der Waals surface area (Å²) in [6.07, 6.45) is 7.44. The Morgan fingerprint density at radius 1 is 1.07 bits per heavy atom. The number of unbranched alkanes of at least 4 members (excludes halogenated alkanes) is 4. The van der Waals surface area contributed by atoms with E-state index in [1.807, 2.05) is 0 Å². The van der Waals surface area contributed by atoms with Gasteiger partial charge in [0.2, 0.25) is 5.79 Å². The number of hydrogen-bond acceptors (Lipinski definition) is 4. The van der Waals surface area contributed by atoms with Gasteiger partial charge in [0.05, 0.1) is 0 Å². The Labute approximate surface area is 168 Å². The third kappa shape index (κ3) is 14.9. The van der Waals surface area contributed by atoms with Crippen LogP contribution < -0.4 is 0 Å². The molecule has 7 heteroatoms. The van der Waals surface area contributed by atoms with Crippen LogP contribution in [0.15, 0.2) is 0 Å². The van der Waals surface area contributed by atoms with Crippen LogP contribution in [0.25, 0.3) is 0 Å². The quantitative estimate of drug-likeness (QED) is 0.335. The van der Waals surface area contributed by atoms with Gasteiger partial charge in [0.1, 0.15) is 5.78 Å². The van der Waals surface area contributed by atoms with Crippen molar-refractivity contribution in [2.45, 2.75) is 116 Å². The lowest BCUT2D eigenvalue weighted by Crippen LogP contribution is -2.47. The van der Waals surface area contributed by atoms with E-state index in [0.29, 0.717) is 31.0 Å². The first kappa shape index (κ1) is 29.1. The SMILES string of the molecule is CC1CCC(=O)C1.CCCCC(F)(F)C(O)(O)CC.CCCCCCC(=O)O. The average Bonchev–Trinajstić information content (AvgIpc) is 3.00. The van der Waals surface area contributed by atoms with Gasteiger partial charge < -0.3 is 15.3 Å². The molecule has 0 spiro atoms. The number of carboxylic acids is 1. The molecule has 1 unspecified atom stereocenters. The molecule has 0 radical (unpaired) electrons. The van der Waals surface area contributed by atoms with E-state index >= 15 is 0 Å². The van der Waals surface area contributed by atoms with Gasteiger partial charge in [-0.1, -0.05) is 53.4 Å². The van der Waals surface area contributed by atoms with Crippen molar-refractivity contribution in [3.63, 3.8) is 0 Å². The highest BCUT2D eigenvalue weighted by molar-refractivity contribution is 5.80. The maximum Gasteiger partial charge on any atom is 0.303 e. The number of aliphatic hydroxyl groups is 2. The second-order valence-corrected chi connectivity index (χ2v) is 7.57. The van der Waals surface area contributed by atoms with Crippen molar-refractivity contribution in [3.8, 4) is 0 Å². The summed E-state index contributed by atoms with van der Waals surface area (Å²) in [6.45, 7) is 7.34. The van der Waals surface area contributed by atoms with E-state index in [2.05, 4.69) is 13.8 Å². The molecule has 0 heterocycles. The van der Waals surface area contributed by atoms with Crippen LogP contribution in [-0.2, 0) is 9.59 Å². The van der Waals surface area contributed by atoms with E-state index in [4.69, 9.17) is 15.3 Å². The molecule has 1 aliphatic carbocycles. The predicted octanol–water partition coefficient (Wildman–Crippen LogP) is 5.32. The van der Waals surface area contributed by atoms with Crippen molar-refractivity contribution in [1.82, 2.24) is 0 Å². The second-order valence-electron chi connectivity index (χ2n) is 7.57. The fourth-order valence-corrected chi connectivity index (χ4v) is 2.56. The fraction of sp³-hybridized carbons (Fsp3) is 0.905. The smallest absolute Gasteiger partial charge is 0.303 e. The van der Waals surface area contributed by atoms with E-state index in [1.165, 1.54) is 13.3 Å². The van der Waals surface area contributed by atoms with Crippen LogP contribution in [0.4, 0.5) is 8.78 Å². The van der Waals surface area contributed by atoms with Crippen LogP contribution in [0.3, 0.4) is 0 Å². The zero-order chi connectivity index (χ0) is 22.2. The summed E-state index contributed by atoms with van der Waals surface area (Å²) in [5.74, 6) is -5.79. The van der Waals surface area contributed by atoms with Crippen molar-refractivity contribution in [3.05, 3.63) is 0 Å². The predicted molar refractivity (Wildman–Crippen MR) is 106 cm³/mol. The molecule has 0 aromatic carbocycles. The monoisotopic (exact) mass is 410 g/mol. The number of Topliss-reactive ketones (excluding diaryl/α,β-unsaturated/α-hetero) is 1. The lowest BCUT2D eigenvalue weighted by Gasteiger charge is -2.29. The highest BCUT2D eigenvalue weighted by Gasteiger charge is 2.49. The fourth-order valence-electron chi connectivity index (χ4n) is 2.56. The zero-order valence-electron chi connectivity index (χ0n) is 18.0. The number of carboxylic acid groups (broad SMARTS) is 1. The Morgan fingerprint density at radius 2 is 1.64 bits per heavy atom. The minimum atomic E-state index is -3.39. The third-order valence-corrected chi connectivity index (χ3v) is 4.66. The number of hydrogen-bond donors (Lipinski definition) is 3. The number of carbonyl (C=O) groups is 2.